The van der Waals surface area contributed by atoms with E-state index in [1.807, 2.05) is 6.92 Å². The zero-order valence-electron chi connectivity index (χ0n) is 10.8. The fourth-order valence-corrected chi connectivity index (χ4v) is 4.49. The van der Waals surface area contributed by atoms with E-state index in [9.17, 15) is 8.42 Å². The van der Waals surface area contributed by atoms with Gasteiger partial charge in [-0.1, -0.05) is 6.92 Å². The molecule has 1 aliphatic rings. The number of aliphatic hydroxyl groups is 1. The van der Waals surface area contributed by atoms with Crippen molar-refractivity contribution in [1.29, 1.82) is 0 Å². The molecule has 19 heavy (non-hydrogen) atoms. The first-order valence-corrected chi connectivity index (χ1v) is 8.72. The highest BCUT2D eigenvalue weighted by Gasteiger charge is 2.28. The number of ether oxygens (including phenoxy) is 1. The van der Waals surface area contributed by atoms with Crippen LogP contribution in [0.15, 0.2) is 16.3 Å². The van der Waals surface area contributed by atoms with Gasteiger partial charge in [0.05, 0.1) is 17.6 Å². The second-order valence-corrected chi connectivity index (χ2v) is 7.39. The van der Waals surface area contributed by atoms with Crippen molar-refractivity contribution in [3.8, 4) is 0 Å². The molecule has 2 heterocycles. The number of hydrogen-bond donors (Lipinski definition) is 2. The second kappa shape index (κ2) is 6.32. The molecule has 1 aromatic heterocycles. The third-order valence-electron chi connectivity index (χ3n) is 3.38. The van der Waals surface area contributed by atoms with Gasteiger partial charge in [0, 0.05) is 29.3 Å². The predicted molar refractivity (Wildman–Crippen MR) is 73.6 cm³/mol. The number of aliphatic hydroxyl groups excluding tert-OH is 1. The van der Waals surface area contributed by atoms with E-state index in [1.54, 1.807) is 5.38 Å². The van der Waals surface area contributed by atoms with Crippen LogP contribution in [0.25, 0.3) is 0 Å². The molecule has 7 heteroatoms. The maximum Gasteiger partial charge on any atom is 0.241 e. The molecule has 5 nitrogen and oxygen atoms in total. The first kappa shape index (κ1) is 14.9. The molecule has 2 atom stereocenters. The second-order valence-electron chi connectivity index (χ2n) is 4.62. The smallest absolute Gasteiger partial charge is 0.241 e. The number of thiophene rings is 1. The predicted octanol–water partition coefficient (Wildman–Crippen LogP) is 1.33. The van der Waals surface area contributed by atoms with Crippen LogP contribution in [0.5, 0.6) is 0 Å². The highest BCUT2D eigenvalue weighted by molar-refractivity contribution is 7.89. The molecule has 2 rings (SSSR count). The van der Waals surface area contributed by atoms with Crippen molar-refractivity contribution in [2.24, 2.45) is 5.92 Å². The number of rotatable bonds is 6. The third kappa shape index (κ3) is 3.55. The SMILES string of the molecule is CCC1OCCC1CNS(=O)(=O)c1csc(CO)c1. The lowest BCUT2D eigenvalue weighted by Crippen LogP contribution is -2.32. The summed E-state index contributed by atoms with van der Waals surface area (Å²) in [5.74, 6) is 0.246. The van der Waals surface area contributed by atoms with Crippen LogP contribution in [0.1, 0.15) is 24.6 Å². The van der Waals surface area contributed by atoms with Gasteiger partial charge >= 0.3 is 0 Å². The number of sulfonamides is 1. The zero-order chi connectivity index (χ0) is 13.9. The first-order valence-electron chi connectivity index (χ1n) is 6.36. The summed E-state index contributed by atoms with van der Waals surface area (Å²) >= 11 is 1.25. The maximum absolute atomic E-state index is 12.1. The molecule has 0 amide bonds. The van der Waals surface area contributed by atoms with Crippen molar-refractivity contribution in [3.63, 3.8) is 0 Å². The molecule has 1 fully saturated rings. The van der Waals surface area contributed by atoms with Crippen LogP contribution < -0.4 is 4.72 Å². The quantitative estimate of drug-likeness (QED) is 0.831. The Balaban J connectivity index is 1.97. The van der Waals surface area contributed by atoms with E-state index in [2.05, 4.69) is 4.72 Å². The summed E-state index contributed by atoms with van der Waals surface area (Å²) in [7, 11) is -3.47. The summed E-state index contributed by atoms with van der Waals surface area (Å²) in [4.78, 5) is 0.879. The van der Waals surface area contributed by atoms with Gasteiger partial charge in [0.15, 0.2) is 0 Å². The van der Waals surface area contributed by atoms with Crippen molar-refractivity contribution in [2.45, 2.75) is 37.4 Å². The molecule has 1 saturated heterocycles. The minimum atomic E-state index is -3.47. The van der Waals surface area contributed by atoms with Gasteiger partial charge in [-0.25, -0.2) is 13.1 Å². The van der Waals surface area contributed by atoms with Crippen molar-refractivity contribution in [2.75, 3.05) is 13.2 Å². The normalized spacial score (nSPS) is 23.9. The highest BCUT2D eigenvalue weighted by Crippen LogP contribution is 2.24. The Hall–Kier alpha value is -0.470. The monoisotopic (exact) mass is 305 g/mol. The average molecular weight is 305 g/mol. The van der Waals surface area contributed by atoms with E-state index in [-0.39, 0.29) is 23.5 Å². The first-order chi connectivity index (χ1) is 9.06. The molecule has 108 valence electrons. The van der Waals surface area contributed by atoms with Crippen molar-refractivity contribution in [1.82, 2.24) is 4.72 Å². The number of nitrogens with one attached hydrogen (secondary N) is 1. The third-order valence-corrected chi connectivity index (χ3v) is 5.85. The summed E-state index contributed by atoms with van der Waals surface area (Å²) < 4.78 is 32.4. The van der Waals surface area contributed by atoms with E-state index in [0.29, 0.717) is 18.0 Å². The van der Waals surface area contributed by atoms with Crippen LogP contribution in [-0.4, -0.2) is 32.8 Å². The van der Waals surface area contributed by atoms with Crippen LogP contribution >= 0.6 is 11.3 Å². The summed E-state index contributed by atoms with van der Waals surface area (Å²) in [5, 5.41) is 10.5. The zero-order valence-corrected chi connectivity index (χ0v) is 12.5. The van der Waals surface area contributed by atoms with Crippen LogP contribution in [0.3, 0.4) is 0 Å². The summed E-state index contributed by atoms with van der Waals surface area (Å²) in [6, 6.07) is 1.51. The number of hydrogen-bond acceptors (Lipinski definition) is 5. The molecular formula is C12H19NO4S2. The molecule has 2 N–H and O–H groups in total. The van der Waals surface area contributed by atoms with Crippen molar-refractivity contribution in [3.05, 3.63) is 16.3 Å². The van der Waals surface area contributed by atoms with Gasteiger partial charge in [-0.15, -0.1) is 11.3 Å². The Morgan fingerprint density at radius 1 is 1.58 bits per heavy atom. The van der Waals surface area contributed by atoms with E-state index in [1.165, 1.54) is 17.4 Å². The molecule has 1 aromatic rings. The van der Waals surface area contributed by atoms with Gasteiger partial charge in [-0.2, -0.15) is 0 Å². The van der Waals surface area contributed by atoms with E-state index in [0.717, 1.165) is 12.8 Å². The Morgan fingerprint density at radius 2 is 2.37 bits per heavy atom. The topological polar surface area (TPSA) is 75.6 Å². The van der Waals surface area contributed by atoms with Gasteiger partial charge in [0.2, 0.25) is 10.0 Å². The molecule has 0 bridgehead atoms. The lowest BCUT2D eigenvalue weighted by atomic mass is 10.0. The van der Waals surface area contributed by atoms with Crippen LogP contribution in [0.4, 0.5) is 0 Å². The maximum atomic E-state index is 12.1. The Kier molecular flexibility index (Phi) is 4.97. The molecule has 0 aromatic carbocycles. The van der Waals surface area contributed by atoms with Crippen molar-refractivity contribution >= 4 is 21.4 Å². The van der Waals surface area contributed by atoms with Gasteiger partial charge in [-0.3, -0.25) is 0 Å². The van der Waals surface area contributed by atoms with E-state index >= 15 is 0 Å². The summed E-state index contributed by atoms with van der Waals surface area (Å²) in [6.07, 6.45) is 1.95. The lowest BCUT2D eigenvalue weighted by Gasteiger charge is -2.16. The highest BCUT2D eigenvalue weighted by atomic mass is 32.2. The Morgan fingerprint density at radius 3 is 3.00 bits per heavy atom. The lowest BCUT2D eigenvalue weighted by molar-refractivity contribution is 0.0884. The molecule has 1 aliphatic heterocycles. The average Bonchev–Trinajstić information content (AvgIpc) is 3.05. The largest absolute Gasteiger partial charge is 0.391 e. The summed E-state index contributed by atoms with van der Waals surface area (Å²) in [6.45, 7) is 3.03. The molecule has 0 saturated carbocycles. The van der Waals surface area contributed by atoms with Crippen LogP contribution in [-0.2, 0) is 21.4 Å². The fourth-order valence-electron chi connectivity index (χ4n) is 2.26. The van der Waals surface area contributed by atoms with Crippen molar-refractivity contribution < 1.29 is 18.3 Å². The molecule has 0 radical (unpaired) electrons. The molecule has 2 unspecified atom stereocenters. The van der Waals surface area contributed by atoms with E-state index < -0.39 is 10.0 Å². The molecular weight excluding hydrogens is 286 g/mol. The summed E-state index contributed by atoms with van der Waals surface area (Å²) in [5.41, 5.74) is 0. The van der Waals surface area contributed by atoms with Gasteiger partial charge in [0.1, 0.15) is 0 Å². The Bertz CT molecular complexity index is 512. The standard InChI is InChI=1S/C12H19NO4S2/c1-2-12-9(3-4-17-12)6-13-19(15,16)11-5-10(7-14)18-8-11/h5,8-9,12-14H,2-4,6-7H2,1H3. The van der Waals surface area contributed by atoms with Crippen LogP contribution in [0, 0.1) is 5.92 Å². The molecule has 0 spiro atoms. The van der Waals surface area contributed by atoms with Gasteiger partial charge in [-0.05, 0) is 18.9 Å². The van der Waals surface area contributed by atoms with Gasteiger partial charge < -0.3 is 9.84 Å². The van der Waals surface area contributed by atoms with Crippen LogP contribution in [0.2, 0.25) is 0 Å². The van der Waals surface area contributed by atoms with Gasteiger partial charge in [0.25, 0.3) is 0 Å². The Labute approximate surface area is 117 Å². The minimum absolute atomic E-state index is 0.130. The van der Waals surface area contributed by atoms with E-state index in [4.69, 9.17) is 9.84 Å². The molecule has 0 aliphatic carbocycles. The minimum Gasteiger partial charge on any atom is -0.391 e. The fraction of sp³-hybridized carbons (Fsp3) is 0.667.